The van der Waals surface area contributed by atoms with Gasteiger partial charge < -0.3 is 15.4 Å². The second kappa shape index (κ2) is 6.02. The van der Waals surface area contributed by atoms with Crippen molar-refractivity contribution in [2.24, 2.45) is 23.5 Å². The summed E-state index contributed by atoms with van der Waals surface area (Å²) in [6.07, 6.45) is 6.09. The molecule has 2 aliphatic rings. The van der Waals surface area contributed by atoms with Crippen molar-refractivity contribution in [2.45, 2.75) is 38.1 Å². The molecule has 0 spiro atoms. The van der Waals surface area contributed by atoms with Crippen LogP contribution in [0.4, 0.5) is 0 Å². The van der Waals surface area contributed by atoms with Crippen molar-refractivity contribution in [1.29, 1.82) is 0 Å². The molecule has 0 radical (unpaired) electrons. The van der Waals surface area contributed by atoms with Crippen LogP contribution in [0.2, 0.25) is 0 Å². The number of nitrogens with two attached hydrogens (primary N) is 1. The zero-order chi connectivity index (χ0) is 13.1. The summed E-state index contributed by atoms with van der Waals surface area (Å²) in [7, 11) is 3.49. The molecule has 2 saturated carbocycles. The summed E-state index contributed by atoms with van der Waals surface area (Å²) in [5, 5.41) is 0. The van der Waals surface area contributed by atoms with Gasteiger partial charge in [-0.2, -0.15) is 0 Å². The summed E-state index contributed by atoms with van der Waals surface area (Å²) in [5.41, 5.74) is 5.87. The van der Waals surface area contributed by atoms with Crippen molar-refractivity contribution in [3.63, 3.8) is 0 Å². The maximum Gasteiger partial charge on any atom is 0.222 e. The van der Waals surface area contributed by atoms with Crippen molar-refractivity contribution in [1.82, 2.24) is 4.90 Å². The van der Waals surface area contributed by atoms with Gasteiger partial charge >= 0.3 is 0 Å². The Hall–Kier alpha value is -0.610. The van der Waals surface area contributed by atoms with Gasteiger partial charge in [-0.1, -0.05) is 6.42 Å². The molecule has 4 heteroatoms. The van der Waals surface area contributed by atoms with E-state index in [0.717, 1.165) is 18.3 Å². The molecule has 0 aromatic rings. The molecule has 2 aliphatic carbocycles. The van der Waals surface area contributed by atoms with Crippen LogP contribution >= 0.6 is 0 Å². The Kier molecular flexibility index (Phi) is 4.62. The molecule has 18 heavy (non-hydrogen) atoms. The zero-order valence-electron chi connectivity index (χ0n) is 11.6. The van der Waals surface area contributed by atoms with Gasteiger partial charge in [0.2, 0.25) is 5.91 Å². The minimum absolute atomic E-state index is 0.0796. The van der Waals surface area contributed by atoms with Gasteiger partial charge in [0.25, 0.3) is 0 Å². The minimum Gasteiger partial charge on any atom is -0.383 e. The number of hydrogen-bond acceptors (Lipinski definition) is 3. The van der Waals surface area contributed by atoms with Crippen molar-refractivity contribution in [2.75, 3.05) is 27.3 Å². The molecule has 2 fully saturated rings. The monoisotopic (exact) mass is 254 g/mol. The lowest BCUT2D eigenvalue weighted by Gasteiger charge is -2.26. The molecule has 104 valence electrons. The number of fused-ring (bicyclic) bond motifs is 2. The van der Waals surface area contributed by atoms with E-state index in [1.54, 1.807) is 12.0 Å². The highest BCUT2D eigenvalue weighted by Crippen LogP contribution is 2.49. The molecular weight excluding hydrogens is 228 g/mol. The predicted molar refractivity (Wildman–Crippen MR) is 71.0 cm³/mol. The Labute approximate surface area is 110 Å². The summed E-state index contributed by atoms with van der Waals surface area (Å²) in [6.45, 7) is 1.10. The van der Waals surface area contributed by atoms with Gasteiger partial charge in [-0.15, -0.1) is 0 Å². The van der Waals surface area contributed by atoms with E-state index in [1.807, 2.05) is 7.05 Å². The van der Waals surface area contributed by atoms with E-state index in [4.69, 9.17) is 10.5 Å². The number of methoxy groups -OCH3 is 1. The number of ether oxygens (including phenoxy) is 1. The van der Waals surface area contributed by atoms with E-state index < -0.39 is 0 Å². The first-order chi connectivity index (χ1) is 8.60. The van der Waals surface area contributed by atoms with Crippen molar-refractivity contribution in [3.8, 4) is 0 Å². The Bertz CT molecular complexity index is 296. The Morgan fingerprint density at radius 2 is 2.22 bits per heavy atom. The molecular formula is C14H26N2O2. The van der Waals surface area contributed by atoms with E-state index >= 15 is 0 Å². The van der Waals surface area contributed by atoms with Gasteiger partial charge in [0.05, 0.1) is 6.61 Å². The van der Waals surface area contributed by atoms with Crippen molar-refractivity contribution < 1.29 is 9.53 Å². The Morgan fingerprint density at radius 3 is 2.78 bits per heavy atom. The zero-order valence-corrected chi connectivity index (χ0v) is 11.6. The molecule has 0 aromatic carbocycles. The first-order valence-corrected chi connectivity index (χ1v) is 7.08. The topological polar surface area (TPSA) is 55.6 Å². The lowest BCUT2D eigenvalue weighted by atomic mass is 9.86. The van der Waals surface area contributed by atoms with Gasteiger partial charge in [-0.05, 0) is 37.0 Å². The number of carbonyl (C=O) groups excluding carboxylic acids is 1. The number of amides is 1. The first kappa shape index (κ1) is 13.8. The average molecular weight is 254 g/mol. The maximum atomic E-state index is 12.1. The van der Waals surface area contributed by atoms with E-state index in [1.165, 1.54) is 25.7 Å². The number of rotatable bonds is 6. The molecule has 2 N–H and O–H groups in total. The molecule has 2 bridgehead atoms. The van der Waals surface area contributed by atoms with Crippen LogP contribution in [0.25, 0.3) is 0 Å². The third-order valence-corrected chi connectivity index (χ3v) is 4.64. The number of carbonyl (C=O) groups is 1. The molecule has 4 nitrogen and oxygen atoms in total. The number of nitrogens with zero attached hydrogens (tertiary/aromatic N) is 1. The van der Waals surface area contributed by atoms with Crippen LogP contribution in [-0.2, 0) is 9.53 Å². The third-order valence-electron chi connectivity index (χ3n) is 4.64. The van der Waals surface area contributed by atoms with Crippen LogP contribution in [0.3, 0.4) is 0 Å². The van der Waals surface area contributed by atoms with Crippen LogP contribution in [-0.4, -0.2) is 44.2 Å². The largest absolute Gasteiger partial charge is 0.383 e. The number of likely N-dealkylation sites (N-methyl/N-ethyl adjacent to an activating group) is 1. The van der Waals surface area contributed by atoms with Crippen molar-refractivity contribution in [3.05, 3.63) is 0 Å². The lowest BCUT2D eigenvalue weighted by molar-refractivity contribution is -0.131. The summed E-state index contributed by atoms with van der Waals surface area (Å²) in [4.78, 5) is 13.9. The average Bonchev–Trinajstić information content (AvgIpc) is 2.90. The summed E-state index contributed by atoms with van der Waals surface area (Å²) >= 11 is 0. The van der Waals surface area contributed by atoms with Crippen LogP contribution in [0.1, 0.15) is 32.1 Å². The first-order valence-electron chi connectivity index (χ1n) is 7.08. The van der Waals surface area contributed by atoms with E-state index in [0.29, 0.717) is 19.1 Å². The summed E-state index contributed by atoms with van der Waals surface area (Å²) in [5.74, 6) is 2.62. The van der Waals surface area contributed by atoms with Gasteiger partial charge in [-0.25, -0.2) is 0 Å². The molecule has 4 unspecified atom stereocenters. The quantitative estimate of drug-likeness (QED) is 0.776. The van der Waals surface area contributed by atoms with Crippen LogP contribution < -0.4 is 5.73 Å². The molecule has 0 saturated heterocycles. The van der Waals surface area contributed by atoms with Crippen LogP contribution in [0, 0.1) is 17.8 Å². The Morgan fingerprint density at radius 1 is 1.44 bits per heavy atom. The predicted octanol–water partition coefficient (Wildman–Crippen LogP) is 1.24. The Balaban J connectivity index is 1.74. The summed E-state index contributed by atoms with van der Waals surface area (Å²) < 4.78 is 4.99. The van der Waals surface area contributed by atoms with Crippen LogP contribution in [0.15, 0.2) is 0 Å². The number of hydrogen-bond donors (Lipinski definition) is 1. The van der Waals surface area contributed by atoms with E-state index in [-0.39, 0.29) is 11.9 Å². The fourth-order valence-corrected chi connectivity index (χ4v) is 3.73. The van der Waals surface area contributed by atoms with Gasteiger partial charge in [-0.3, -0.25) is 4.79 Å². The normalized spacial score (nSPS) is 31.6. The molecule has 0 aromatic heterocycles. The van der Waals surface area contributed by atoms with Crippen molar-refractivity contribution >= 4 is 5.91 Å². The van der Waals surface area contributed by atoms with E-state index in [9.17, 15) is 4.79 Å². The van der Waals surface area contributed by atoms with Gasteiger partial charge in [0.1, 0.15) is 0 Å². The van der Waals surface area contributed by atoms with E-state index in [2.05, 4.69) is 0 Å². The second-order valence-electron chi connectivity index (χ2n) is 6.13. The highest BCUT2D eigenvalue weighted by atomic mass is 16.5. The van der Waals surface area contributed by atoms with Gasteiger partial charge in [0, 0.05) is 33.2 Å². The fraction of sp³-hybridized carbons (Fsp3) is 0.929. The molecule has 1 amide bonds. The standard InChI is InChI=1S/C14H26N2O2/c1-16(8-13(15)9-18-2)14(17)7-12-6-10-3-4-11(12)5-10/h10-13H,3-9,15H2,1-2H3. The third kappa shape index (κ3) is 3.23. The minimum atomic E-state index is -0.0796. The smallest absolute Gasteiger partial charge is 0.222 e. The SMILES string of the molecule is COCC(N)CN(C)C(=O)CC1CC2CCC1C2. The molecule has 2 rings (SSSR count). The van der Waals surface area contributed by atoms with Gasteiger partial charge in [0.15, 0.2) is 0 Å². The highest BCUT2D eigenvalue weighted by Gasteiger charge is 2.40. The maximum absolute atomic E-state index is 12.1. The highest BCUT2D eigenvalue weighted by molar-refractivity contribution is 5.76. The molecule has 0 heterocycles. The second-order valence-corrected chi connectivity index (χ2v) is 6.13. The lowest BCUT2D eigenvalue weighted by Crippen LogP contribution is -2.41. The fourth-order valence-electron chi connectivity index (χ4n) is 3.73. The van der Waals surface area contributed by atoms with Crippen LogP contribution in [0.5, 0.6) is 0 Å². The molecule has 0 aliphatic heterocycles. The molecule has 4 atom stereocenters. The summed E-state index contributed by atoms with van der Waals surface area (Å²) in [6, 6.07) is -0.0796.